The van der Waals surface area contributed by atoms with Gasteiger partial charge in [0.15, 0.2) is 0 Å². The normalized spacial score (nSPS) is 15.7. The van der Waals surface area contributed by atoms with Gasteiger partial charge in [0.25, 0.3) is 0 Å². The van der Waals surface area contributed by atoms with Gasteiger partial charge in [0, 0.05) is 36.9 Å². The van der Waals surface area contributed by atoms with Crippen molar-refractivity contribution in [1.29, 1.82) is 0 Å². The molecule has 2 aromatic carbocycles. The van der Waals surface area contributed by atoms with Crippen LogP contribution in [0.15, 0.2) is 47.4 Å². The van der Waals surface area contributed by atoms with Gasteiger partial charge in [-0.15, -0.1) is 0 Å². The lowest BCUT2D eigenvalue weighted by Gasteiger charge is -2.37. The minimum Gasteiger partial charge on any atom is -0.495 e. The Kier molecular flexibility index (Phi) is 6.90. The van der Waals surface area contributed by atoms with Crippen molar-refractivity contribution in [3.8, 4) is 5.75 Å². The first-order valence-electron chi connectivity index (χ1n) is 9.67. The summed E-state index contributed by atoms with van der Waals surface area (Å²) >= 11 is 6.06. The van der Waals surface area contributed by atoms with E-state index in [2.05, 4.69) is 9.62 Å². The summed E-state index contributed by atoms with van der Waals surface area (Å²) in [6.45, 7) is 5.67. The number of amides is 1. The molecule has 162 valence electrons. The number of anilines is 1. The molecule has 9 heteroatoms. The Balaban J connectivity index is 1.64. The molecule has 0 radical (unpaired) electrons. The molecule has 3 rings (SSSR count). The van der Waals surface area contributed by atoms with Crippen LogP contribution in [0.3, 0.4) is 0 Å². The van der Waals surface area contributed by atoms with Crippen LogP contribution in [0, 0.1) is 6.92 Å². The van der Waals surface area contributed by atoms with Crippen LogP contribution in [0.5, 0.6) is 5.75 Å². The summed E-state index contributed by atoms with van der Waals surface area (Å²) in [6.07, 6.45) is 0. The number of nitrogens with zero attached hydrogens (tertiary/aromatic N) is 2. The zero-order valence-corrected chi connectivity index (χ0v) is 18.8. The van der Waals surface area contributed by atoms with Crippen molar-refractivity contribution in [2.45, 2.75) is 24.8 Å². The summed E-state index contributed by atoms with van der Waals surface area (Å²) < 4.78 is 33.4. The molecule has 0 aliphatic carbocycles. The molecule has 7 nitrogen and oxygen atoms in total. The molecule has 1 fully saturated rings. The first-order chi connectivity index (χ1) is 14.2. The fourth-order valence-electron chi connectivity index (χ4n) is 3.47. The maximum Gasteiger partial charge on any atom is 0.244 e. The van der Waals surface area contributed by atoms with Crippen molar-refractivity contribution >= 4 is 33.2 Å². The maximum atomic E-state index is 12.9. The van der Waals surface area contributed by atoms with Crippen LogP contribution in [-0.2, 0) is 14.8 Å². The second-order valence-corrected chi connectivity index (χ2v) is 9.41. The van der Waals surface area contributed by atoms with Crippen LogP contribution >= 0.6 is 11.6 Å². The van der Waals surface area contributed by atoms with Crippen molar-refractivity contribution < 1.29 is 17.9 Å². The van der Waals surface area contributed by atoms with Crippen LogP contribution in [0.4, 0.5) is 5.69 Å². The Hall–Kier alpha value is -2.29. The number of halogens is 1. The van der Waals surface area contributed by atoms with E-state index in [1.165, 1.54) is 13.2 Å². The van der Waals surface area contributed by atoms with Crippen LogP contribution in [0.1, 0.15) is 12.5 Å². The molecule has 1 heterocycles. The number of methoxy groups -OCH3 is 1. The summed E-state index contributed by atoms with van der Waals surface area (Å²) in [7, 11) is -2.50. The topological polar surface area (TPSA) is 78.9 Å². The van der Waals surface area contributed by atoms with Crippen LogP contribution in [0.2, 0.25) is 5.02 Å². The van der Waals surface area contributed by atoms with Crippen LogP contribution in [0.25, 0.3) is 0 Å². The molecule has 1 N–H and O–H groups in total. The Morgan fingerprint density at radius 3 is 2.47 bits per heavy atom. The summed E-state index contributed by atoms with van der Waals surface area (Å²) in [5.41, 5.74) is 1.79. The molecule has 1 amide bonds. The number of hydrogen-bond donors (Lipinski definition) is 1. The number of carbonyl (C=O) groups is 1. The molecule has 1 atom stereocenters. The highest BCUT2D eigenvalue weighted by atomic mass is 35.5. The third-order valence-corrected chi connectivity index (χ3v) is 6.87. The number of rotatable bonds is 6. The Morgan fingerprint density at radius 2 is 1.83 bits per heavy atom. The highest BCUT2D eigenvalue weighted by Gasteiger charge is 2.29. The number of benzene rings is 2. The Labute approximate surface area is 182 Å². The van der Waals surface area contributed by atoms with Gasteiger partial charge in [-0.1, -0.05) is 23.7 Å². The molecular formula is C21H26ClN3O4S. The van der Waals surface area contributed by atoms with E-state index < -0.39 is 16.1 Å². The first-order valence-corrected chi connectivity index (χ1v) is 11.5. The lowest BCUT2D eigenvalue weighted by atomic mass is 10.2. The van der Waals surface area contributed by atoms with E-state index >= 15 is 0 Å². The zero-order chi connectivity index (χ0) is 21.9. The molecule has 0 bridgehead atoms. The lowest BCUT2D eigenvalue weighted by Crippen LogP contribution is -2.54. The summed E-state index contributed by atoms with van der Waals surface area (Å²) in [6, 6.07) is 11.6. The fourth-order valence-corrected chi connectivity index (χ4v) is 5.11. The number of aryl methyl sites for hydroxylation is 1. The van der Waals surface area contributed by atoms with Crippen LogP contribution in [-0.4, -0.2) is 58.6 Å². The van der Waals surface area contributed by atoms with Crippen molar-refractivity contribution in [3.63, 3.8) is 0 Å². The van der Waals surface area contributed by atoms with Gasteiger partial charge in [0.1, 0.15) is 10.6 Å². The average molecular weight is 452 g/mol. The minimum atomic E-state index is -3.91. The second-order valence-electron chi connectivity index (χ2n) is 7.29. The monoisotopic (exact) mass is 451 g/mol. The molecule has 0 unspecified atom stereocenters. The van der Waals surface area contributed by atoms with Crippen molar-refractivity contribution in [1.82, 2.24) is 9.62 Å². The van der Waals surface area contributed by atoms with Gasteiger partial charge in [-0.2, -0.15) is 4.72 Å². The molecular weight excluding hydrogens is 426 g/mol. The van der Waals surface area contributed by atoms with E-state index in [4.69, 9.17) is 16.3 Å². The van der Waals surface area contributed by atoms with Gasteiger partial charge < -0.3 is 14.5 Å². The molecule has 1 saturated heterocycles. The summed E-state index contributed by atoms with van der Waals surface area (Å²) in [5.74, 6) is -0.0150. The third kappa shape index (κ3) is 5.06. The predicted octanol–water partition coefficient (Wildman–Crippen LogP) is 2.67. The number of nitrogens with one attached hydrogen (secondary N) is 1. The quantitative estimate of drug-likeness (QED) is 0.730. The number of piperazine rings is 1. The van der Waals surface area contributed by atoms with Gasteiger partial charge in [-0.05, 0) is 49.7 Å². The van der Waals surface area contributed by atoms with Gasteiger partial charge in [-0.25, -0.2) is 8.42 Å². The van der Waals surface area contributed by atoms with Gasteiger partial charge in [0.05, 0.1) is 13.2 Å². The van der Waals surface area contributed by atoms with Crippen molar-refractivity contribution in [2.24, 2.45) is 0 Å². The van der Waals surface area contributed by atoms with E-state index in [1.807, 2.05) is 24.3 Å². The van der Waals surface area contributed by atoms with E-state index in [0.717, 1.165) is 11.3 Å². The molecule has 0 aromatic heterocycles. The largest absolute Gasteiger partial charge is 0.495 e. The molecule has 2 aromatic rings. The smallest absolute Gasteiger partial charge is 0.244 e. The Bertz CT molecular complexity index is 1020. The highest BCUT2D eigenvalue weighted by Crippen LogP contribution is 2.25. The second kappa shape index (κ2) is 9.24. The number of ether oxygens (including phenoxy) is 1. The number of hydrogen-bond acceptors (Lipinski definition) is 5. The van der Waals surface area contributed by atoms with E-state index in [-0.39, 0.29) is 16.6 Å². The van der Waals surface area contributed by atoms with Crippen molar-refractivity contribution in [2.75, 3.05) is 38.2 Å². The third-order valence-electron chi connectivity index (χ3n) is 5.08. The van der Waals surface area contributed by atoms with Crippen molar-refractivity contribution in [3.05, 3.63) is 53.1 Å². The predicted molar refractivity (Wildman–Crippen MR) is 118 cm³/mol. The highest BCUT2D eigenvalue weighted by molar-refractivity contribution is 7.89. The fraction of sp³-hybridized carbons (Fsp3) is 0.381. The molecule has 30 heavy (non-hydrogen) atoms. The van der Waals surface area contributed by atoms with E-state index in [9.17, 15) is 13.2 Å². The first kappa shape index (κ1) is 22.4. The average Bonchev–Trinajstić information content (AvgIpc) is 2.73. The molecule has 1 aliphatic heterocycles. The maximum absolute atomic E-state index is 12.9. The minimum absolute atomic E-state index is 0.0235. The molecule has 0 spiro atoms. The molecule has 1 aliphatic rings. The zero-order valence-electron chi connectivity index (χ0n) is 17.3. The lowest BCUT2D eigenvalue weighted by molar-refractivity contribution is -0.132. The van der Waals surface area contributed by atoms with Gasteiger partial charge in [0.2, 0.25) is 15.9 Å². The van der Waals surface area contributed by atoms with Gasteiger partial charge >= 0.3 is 0 Å². The van der Waals surface area contributed by atoms with E-state index in [1.54, 1.807) is 30.9 Å². The molecule has 0 saturated carbocycles. The standard InChI is InChI=1S/C21H26ClN3O4S/c1-15-7-8-19(29-3)20(13-15)30(27,28)23-16(2)21(26)25-11-9-24(10-12-25)18-6-4-5-17(22)14-18/h4-8,13-14,16,23H,9-12H2,1-3H3/t16-/m0/s1. The van der Waals surface area contributed by atoms with Gasteiger partial charge in [-0.3, -0.25) is 4.79 Å². The van der Waals surface area contributed by atoms with Crippen LogP contribution < -0.4 is 14.4 Å². The van der Waals surface area contributed by atoms with E-state index in [0.29, 0.717) is 31.2 Å². The summed E-state index contributed by atoms with van der Waals surface area (Å²) in [4.78, 5) is 16.7. The Morgan fingerprint density at radius 1 is 1.13 bits per heavy atom. The SMILES string of the molecule is COc1ccc(C)cc1S(=O)(=O)N[C@@H](C)C(=O)N1CCN(c2cccc(Cl)c2)CC1. The number of sulfonamides is 1. The number of carbonyl (C=O) groups excluding carboxylic acids is 1. The summed E-state index contributed by atoms with van der Waals surface area (Å²) in [5, 5.41) is 0.667.